The Morgan fingerprint density at radius 2 is 1.24 bits per heavy atom. The molecule has 2 amide bonds. The van der Waals surface area contributed by atoms with Crippen molar-refractivity contribution in [2.45, 2.75) is 6.92 Å². The van der Waals surface area contributed by atoms with Crippen LogP contribution in [0.1, 0.15) is 18.1 Å². The van der Waals surface area contributed by atoms with Gasteiger partial charge in [-0.2, -0.15) is 0 Å². The molecular weight excluding hydrogens is 422 g/mol. The Kier molecular flexibility index (Phi) is 4.95. The lowest BCUT2D eigenvalue weighted by Gasteiger charge is -2.23. The second-order valence-corrected chi connectivity index (χ2v) is 8.96. The molecule has 1 aliphatic heterocycles. The number of imide groups is 1. The van der Waals surface area contributed by atoms with Gasteiger partial charge in [0, 0.05) is 11.8 Å². The fraction of sp³-hybridized carbons (Fsp3) is 0.200. The number of hydrogen-bond acceptors (Lipinski definition) is 3. The van der Waals surface area contributed by atoms with Crippen LogP contribution in [0.25, 0.3) is 5.57 Å². The van der Waals surface area contributed by atoms with Gasteiger partial charge in [-0.1, -0.05) is 84.9 Å². The molecule has 168 valence electrons. The summed E-state index contributed by atoms with van der Waals surface area (Å²) in [6, 6.07) is 27.9. The van der Waals surface area contributed by atoms with Crippen LogP contribution in [0.5, 0.6) is 5.75 Å². The van der Waals surface area contributed by atoms with Gasteiger partial charge in [0.1, 0.15) is 5.75 Å². The molecule has 2 bridgehead atoms. The van der Waals surface area contributed by atoms with Crippen LogP contribution in [0.2, 0.25) is 0 Å². The summed E-state index contributed by atoms with van der Waals surface area (Å²) in [5.74, 6) is -0.632. The molecule has 3 aromatic rings. The molecule has 6 rings (SSSR count). The van der Waals surface area contributed by atoms with E-state index in [9.17, 15) is 9.59 Å². The average molecular weight is 448 g/mol. The zero-order chi connectivity index (χ0) is 23.2. The molecule has 0 radical (unpaired) electrons. The molecule has 3 aliphatic rings. The molecular formula is C30H25NO3. The van der Waals surface area contributed by atoms with Crippen LogP contribution in [0, 0.1) is 23.7 Å². The summed E-state index contributed by atoms with van der Waals surface area (Å²) < 4.78 is 5.74. The van der Waals surface area contributed by atoms with Gasteiger partial charge in [0.05, 0.1) is 24.1 Å². The number of allylic oxidation sites excluding steroid dienone is 3. The van der Waals surface area contributed by atoms with E-state index in [1.165, 1.54) is 10.5 Å². The van der Waals surface area contributed by atoms with E-state index in [4.69, 9.17) is 4.74 Å². The lowest BCUT2D eigenvalue weighted by molar-refractivity contribution is -0.123. The van der Waals surface area contributed by atoms with Crippen molar-refractivity contribution in [3.05, 3.63) is 114 Å². The predicted octanol–water partition coefficient (Wildman–Crippen LogP) is 5.51. The molecule has 4 nitrogen and oxygen atoms in total. The number of benzene rings is 3. The van der Waals surface area contributed by atoms with Crippen molar-refractivity contribution >= 4 is 23.1 Å². The number of carbonyl (C=O) groups is 2. The third kappa shape index (κ3) is 2.98. The highest BCUT2D eigenvalue weighted by molar-refractivity contribution is 6.24. The first kappa shape index (κ1) is 20.7. The van der Waals surface area contributed by atoms with Gasteiger partial charge < -0.3 is 4.74 Å². The smallest absolute Gasteiger partial charge is 0.238 e. The summed E-state index contributed by atoms with van der Waals surface area (Å²) in [6.07, 6.45) is 4.27. The first-order chi connectivity index (χ1) is 16.7. The summed E-state index contributed by atoms with van der Waals surface area (Å²) in [4.78, 5) is 28.9. The predicted molar refractivity (Wildman–Crippen MR) is 132 cm³/mol. The zero-order valence-corrected chi connectivity index (χ0v) is 18.9. The minimum atomic E-state index is -0.380. The molecule has 0 N–H and O–H groups in total. The normalized spacial score (nSPS) is 24.6. The minimum Gasteiger partial charge on any atom is -0.492 e. The van der Waals surface area contributed by atoms with Crippen molar-refractivity contribution in [1.29, 1.82) is 0 Å². The highest BCUT2D eigenvalue weighted by atomic mass is 16.5. The maximum absolute atomic E-state index is 13.8. The third-order valence-electron chi connectivity index (χ3n) is 7.24. The Morgan fingerprint density at radius 1 is 0.735 bits per heavy atom. The van der Waals surface area contributed by atoms with Crippen LogP contribution in [0.15, 0.2) is 103 Å². The second kappa shape index (κ2) is 8.14. The summed E-state index contributed by atoms with van der Waals surface area (Å²) in [5, 5.41) is 0. The van der Waals surface area contributed by atoms with Gasteiger partial charge in [-0.15, -0.1) is 0 Å². The summed E-state index contributed by atoms with van der Waals surface area (Å²) in [5.41, 5.74) is 5.09. The first-order valence-electron chi connectivity index (χ1n) is 11.8. The molecule has 34 heavy (non-hydrogen) atoms. The van der Waals surface area contributed by atoms with Crippen LogP contribution in [-0.4, -0.2) is 18.4 Å². The molecule has 4 heteroatoms. The molecule has 4 unspecified atom stereocenters. The topological polar surface area (TPSA) is 46.6 Å². The Bertz CT molecular complexity index is 1250. The van der Waals surface area contributed by atoms with Crippen molar-refractivity contribution in [3.63, 3.8) is 0 Å². The van der Waals surface area contributed by atoms with E-state index < -0.39 is 0 Å². The maximum atomic E-state index is 13.8. The van der Waals surface area contributed by atoms with Gasteiger partial charge >= 0.3 is 0 Å². The number of anilines is 1. The largest absolute Gasteiger partial charge is 0.492 e. The number of carbonyl (C=O) groups excluding carboxylic acids is 2. The van der Waals surface area contributed by atoms with E-state index >= 15 is 0 Å². The van der Waals surface area contributed by atoms with Crippen molar-refractivity contribution in [3.8, 4) is 5.75 Å². The zero-order valence-electron chi connectivity index (χ0n) is 18.9. The van der Waals surface area contributed by atoms with Gasteiger partial charge in [-0.05, 0) is 41.3 Å². The number of hydrogen-bond donors (Lipinski definition) is 0. The highest BCUT2D eigenvalue weighted by Crippen LogP contribution is 2.59. The standard InChI is InChI=1S/C30H25NO3/c1-2-34-24-16-10-9-15-23(24)31-29(32)27-21-17-18-22(28(27)30(31)33)26(21)25(19-11-5-3-6-12-19)20-13-7-4-8-14-20/h3-18,21-22,27-28H,2H2,1H3. The van der Waals surface area contributed by atoms with Gasteiger partial charge in [0.15, 0.2) is 0 Å². The number of amides is 2. The summed E-state index contributed by atoms with van der Waals surface area (Å²) >= 11 is 0. The molecule has 1 saturated heterocycles. The molecule has 0 aromatic heterocycles. The van der Waals surface area contributed by atoms with Crippen LogP contribution in [-0.2, 0) is 9.59 Å². The lowest BCUT2D eigenvalue weighted by atomic mass is 9.85. The Morgan fingerprint density at radius 3 is 1.76 bits per heavy atom. The first-order valence-corrected chi connectivity index (χ1v) is 11.8. The van der Waals surface area contributed by atoms with Crippen LogP contribution < -0.4 is 9.64 Å². The number of ether oxygens (including phenoxy) is 1. The molecule has 2 fully saturated rings. The van der Waals surface area contributed by atoms with Gasteiger partial charge in [0.2, 0.25) is 11.8 Å². The fourth-order valence-electron chi connectivity index (χ4n) is 5.96. The molecule has 3 aromatic carbocycles. The van der Waals surface area contributed by atoms with Crippen LogP contribution in [0.4, 0.5) is 5.69 Å². The van der Waals surface area contributed by atoms with Crippen molar-refractivity contribution in [2.24, 2.45) is 23.7 Å². The monoisotopic (exact) mass is 447 g/mol. The molecule has 4 atom stereocenters. The average Bonchev–Trinajstić information content (AvgIpc) is 3.51. The Labute approximate surface area is 199 Å². The van der Waals surface area contributed by atoms with Gasteiger partial charge in [0.25, 0.3) is 0 Å². The highest BCUT2D eigenvalue weighted by Gasteiger charge is 2.62. The van der Waals surface area contributed by atoms with Crippen molar-refractivity contribution in [1.82, 2.24) is 0 Å². The molecule has 1 saturated carbocycles. The van der Waals surface area contributed by atoms with E-state index in [1.807, 2.05) is 61.5 Å². The minimum absolute atomic E-state index is 0.0916. The summed E-state index contributed by atoms with van der Waals surface area (Å²) in [6.45, 7) is 2.37. The quantitative estimate of drug-likeness (QED) is 0.383. The van der Waals surface area contributed by atoms with Crippen molar-refractivity contribution < 1.29 is 14.3 Å². The maximum Gasteiger partial charge on any atom is 0.238 e. The van der Waals surface area contributed by atoms with E-state index in [0.29, 0.717) is 18.0 Å². The molecule has 0 spiro atoms. The molecule has 2 aliphatic carbocycles. The second-order valence-electron chi connectivity index (χ2n) is 8.96. The third-order valence-corrected chi connectivity index (χ3v) is 7.24. The molecule has 1 heterocycles. The number of rotatable bonds is 5. The Hall–Kier alpha value is -3.92. The Balaban J connectivity index is 1.47. The van der Waals surface area contributed by atoms with E-state index in [2.05, 4.69) is 36.4 Å². The van der Waals surface area contributed by atoms with Crippen LogP contribution in [0.3, 0.4) is 0 Å². The van der Waals surface area contributed by atoms with Crippen LogP contribution >= 0.6 is 0 Å². The lowest BCUT2D eigenvalue weighted by Crippen LogP contribution is -2.33. The van der Waals surface area contributed by atoms with E-state index in [1.54, 1.807) is 6.07 Å². The fourth-order valence-corrected chi connectivity index (χ4v) is 5.96. The van der Waals surface area contributed by atoms with E-state index in [0.717, 1.165) is 16.7 Å². The summed E-state index contributed by atoms with van der Waals surface area (Å²) in [7, 11) is 0. The number of nitrogens with zero attached hydrogens (tertiary/aromatic N) is 1. The van der Waals surface area contributed by atoms with E-state index in [-0.39, 0.29) is 35.5 Å². The SMILES string of the molecule is CCOc1ccccc1N1C(=O)C2C3C=CC(C3=C(c3ccccc3)c3ccccc3)C2C1=O. The number of fused-ring (bicyclic) bond motifs is 5. The van der Waals surface area contributed by atoms with Gasteiger partial charge in [-0.25, -0.2) is 4.90 Å². The number of para-hydroxylation sites is 2. The van der Waals surface area contributed by atoms with Gasteiger partial charge in [-0.3, -0.25) is 9.59 Å². The van der Waals surface area contributed by atoms with Crippen molar-refractivity contribution in [2.75, 3.05) is 11.5 Å².